The van der Waals surface area contributed by atoms with Crippen LogP contribution >= 0.6 is 0 Å². The molecule has 88 valence electrons. The molecule has 5 heteroatoms. The zero-order chi connectivity index (χ0) is 12.1. The first-order valence-electron chi connectivity index (χ1n) is 5.56. The molecule has 0 unspecified atom stereocenters. The SMILES string of the molecule is CCN(C)[Si]N([Si]N(C)CC)C(C)(C)C. The van der Waals surface area contributed by atoms with E-state index in [0.717, 1.165) is 32.8 Å². The smallest absolute Gasteiger partial charge is 0.244 e. The molecule has 0 rings (SSSR count). The molecule has 0 spiro atoms. The molecule has 0 aliphatic rings. The molecule has 0 fully saturated rings. The Kier molecular flexibility index (Phi) is 6.94. The van der Waals surface area contributed by atoms with Gasteiger partial charge in [0.2, 0.25) is 19.7 Å². The second kappa shape index (κ2) is 6.80. The lowest BCUT2D eigenvalue weighted by atomic mass is 10.1. The van der Waals surface area contributed by atoms with Crippen molar-refractivity contribution in [1.29, 1.82) is 0 Å². The van der Waals surface area contributed by atoms with Gasteiger partial charge in [0.25, 0.3) is 0 Å². The molecule has 3 nitrogen and oxygen atoms in total. The van der Waals surface area contributed by atoms with E-state index >= 15 is 0 Å². The molecular weight excluding hydrogens is 218 g/mol. The first-order valence-corrected chi connectivity index (χ1v) is 7.35. The van der Waals surface area contributed by atoms with Crippen LogP contribution in [0.5, 0.6) is 0 Å². The summed E-state index contributed by atoms with van der Waals surface area (Å²) in [5.74, 6) is 0. The van der Waals surface area contributed by atoms with Gasteiger partial charge in [-0.1, -0.05) is 13.8 Å². The van der Waals surface area contributed by atoms with Crippen molar-refractivity contribution >= 4 is 19.7 Å². The van der Waals surface area contributed by atoms with E-state index in [1.807, 2.05) is 0 Å². The average Bonchev–Trinajstić information content (AvgIpc) is 2.14. The maximum absolute atomic E-state index is 2.56. The molecule has 0 aliphatic heterocycles. The molecule has 0 aromatic carbocycles. The largest absolute Gasteiger partial charge is 0.317 e. The Hall–Kier alpha value is 0.314. The van der Waals surface area contributed by atoms with Crippen molar-refractivity contribution in [3.63, 3.8) is 0 Å². The molecule has 15 heavy (non-hydrogen) atoms. The highest BCUT2D eigenvalue weighted by atomic mass is 28.3. The molecule has 0 aromatic rings. The monoisotopic (exact) mass is 243 g/mol. The lowest BCUT2D eigenvalue weighted by Gasteiger charge is -2.38. The van der Waals surface area contributed by atoms with Gasteiger partial charge in [0, 0.05) is 5.54 Å². The molecule has 4 radical (unpaired) electrons. The summed E-state index contributed by atoms with van der Waals surface area (Å²) in [6, 6.07) is 0. The van der Waals surface area contributed by atoms with E-state index in [4.69, 9.17) is 0 Å². The van der Waals surface area contributed by atoms with Gasteiger partial charge >= 0.3 is 0 Å². The highest BCUT2D eigenvalue weighted by molar-refractivity contribution is 6.47. The van der Waals surface area contributed by atoms with Crippen LogP contribution in [-0.4, -0.2) is 65.8 Å². The van der Waals surface area contributed by atoms with Crippen LogP contribution in [0.25, 0.3) is 0 Å². The Morgan fingerprint density at radius 2 is 1.20 bits per heavy atom. The fourth-order valence-electron chi connectivity index (χ4n) is 0.805. The highest BCUT2D eigenvalue weighted by Crippen LogP contribution is 2.11. The maximum atomic E-state index is 2.56. The van der Waals surface area contributed by atoms with E-state index in [0.29, 0.717) is 0 Å². The van der Waals surface area contributed by atoms with Crippen LogP contribution in [0.3, 0.4) is 0 Å². The number of hydrogen-bond donors (Lipinski definition) is 0. The van der Waals surface area contributed by atoms with Gasteiger partial charge in [0.05, 0.1) is 0 Å². The first kappa shape index (κ1) is 15.3. The van der Waals surface area contributed by atoms with Crippen LogP contribution in [0, 0.1) is 0 Å². The van der Waals surface area contributed by atoms with Crippen molar-refractivity contribution in [2.24, 2.45) is 0 Å². The molecule has 0 saturated heterocycles. The van der Waals surface area contributed by atoms with Gasteiger partial charge in [0.15, 0.2) is 0 Å². The van der Waals surface area contributed by atoms with Crippen LogP contribution < -0.4 is 0 Å². The van der Waals surface area contributed by atoms with Gasteiger partial charge in [-0.25, -0.2) is 0 Å². The standard InChI is InChI=1S/C10H25N3Si2/c1-8-11(6)14-13(10(3,4)5)15-12(7)9-2/h8-9H2,1-7H3. The molecule has 0 aromatic heterocycles. The first-order chi connectivity index (χ1) is 6.81. The Labute approximate surface area is 101 Å². The van der Waals surface area contributed by atoms with Crippen LogP contribution in [0.4, 0.5) is 0 Å². The third kappa shape index (κ3) is 6.47. The third-order valence-corrected chi connectivity index (χ3v) is 5.82. The molecule has 0 saturated carbocycles. The van der Waals surface area contributed by atoms with Crippen molar-refractivity contribution in [2.75, 3.05) is 27.2 Å². The molecule has 0 amide bonds. The minimum atomic E-state index is 0.254. The topological polar surface area (TPSA) is 9.72 Å². The molecule has 0 atom stereocenters. The van der Waals surface area contributed by atoms with E-state index < -0.39 is 0 Å². The van der Waals surface area contributed by atoms with Gasteiger partial charge in [-0.2, -0.15) is 0 Å². The second-order valence-corrected chi connectivity index (χ2v) is 8.00. The second-order valence-electron chi connectivity index (χ2n) is 4.73. The minimum Gasteiger partial charge on any atom is -0.317 e. The highest BCUT2D eigenvalue weighted by Gasteiger charge is 2.25. The Bertz CT molecular complexity index is 159. The van der Waals surface area contributed by atoms with Crippen LogP contribution in [0.15, 0.2) is 0 Å². The van der Waals surface area contributed by atoms with Gasteiger partial charge in [-0.15, -0.1) is 0 Å². The van der Waals surface area contributed by atoms with Crippen molar-refractivity contribution in [3.8, 4) is 0 Å². The summed E-state index contributed by atoms with van der Waals surface area (Å²) in [5.41, 5.74) is 0.254. The molecule has 0 bridgehead atoms. The lowest BCUT2D eigenvalue weighted by Crippen LogP contribution is -2.55. The van der Waals surface area contributed by atoms with Crippen LogP contribution in [-0.2, 0) is 0 Å². The van der Waals surface area contributed by atoms with E-state index in [1.54, 1.807) is 0 Å². The van der Waals surface area contributed by atoms with Crippen LogP contribution in [0.1, 0.15) is 34.6 Å². The average molecular weight is 244 g/mol. The zero-order valence-electron chi connectivity index (χ0n) is 11.3. The summed E-state index contributed by atoms with van der Waals surface area (Å²) >= 11 is 0. The molecular formula is C10H25N3Si2. The quantitative estimate of drug-likeness (QED) is 0.646. The fourth-order valence-corrected chi connectivity index (χ4v) is 3.57. The Morgan fingerprint density at radius 3 is 1.40 bits per heavy atom. The van der Waals surface area contributed by atoms with E-state index in [9.17, 15) is 0 Å². The third-order valence-electron chi connectivity index (χ3n) is 2.16. The van der Waals surface area contributed by atoms with Gasteiger partial charge in [-0.05, 0) is 48.0 Å². The molecule has 0 heterocycles. The van der Waals surface area contributed by atoms with Gasteiger partial charge in [-0.3, -0.25) is 0 Å². The normalized spacial score (nSPS) is 13.2. The van der Waals surface area contributed by atoms with E-state index in [1.165, 1.54) is 0 Å². The lowest BCUT2D eigenvalue weighted by molar-refractivity contribution is 0.329. The number of rotatable bonds is 6. The minimum absolute atomic E-state index is 0.254. The van der Waals surface area contributed by atoms with Crippen molar-refractivity contribution < 1.29 is 0 Å². The summed E-state index contributed by atoms with van der Waals surface area (Å²) in [5, 5.41) is 0. The van der Waals surface area contributed by atoms with Crippen molar-refractivity contribution in [2.45, 2.75) is 40.2 Å². The van der Waals surface area contributed by atoms with Gasteiger partial charge < -0.3 is 13.4 Å². The fraction of sp³-hybridized carbons (Fsp3) is 1.00. The van der Waals surface area contributed by atoms with Crippen molar-refractivity contribution in [3.05, 3.63) is 0 Å². The summed E-state index contributed by atoms with van der Waals surface area (Å²) in [6.45, 7) is 13.5. The number of nitrogens with zero attached hydrogens (tertiary/aromatic N) is 3. The predicted octanol–water partition coefficient (Wildman–Crippen LogP) is 1.06. The number of hydrogen-bond acceptors (Lipinski definition) is 3. The zero-order valence-corrected chi connectivity index (χ0v) is 13.3. The Balaban J connectivity index is 4.32. The summed E-state index contributed by atoms with van der Waals surface area (Å²) in [7, 11) is 5.94. The molecule has 0 N–H and O–H groups in total. The van der Waals surface area contributed by atoms with E-state index in [-0.39, 0.29) is 5.54 Å². The summed E-state index contributed by atoms with van der Waals surface area (Å²) < 4.78 is 7.31. The van der Waals surface area contributed by atoms with Crippen molar-refractivity contribution in [1.82, 2.24) is 13.4 Å². The van der Waals surface area contributed by atoms with Gasteiger partial charge in [0.1, 0.15) is 0 Å². The summed E-state index contributed by atoms with van der Waals surface area (Å²) in [6.07, 6.45) is 0. The van der Waals surface area contributed by atoms with Crippen LogP contribution in [0.2, 0.25) is 0 Å². The molecule has 0 aliphatic carbocycles. The summed E-state index contributed by atoms with van der Waals surface area (Å²) in [4.78, 5) is 0. The predicted molar refractivity (Wildman–Crippen MR) is 69.7 cm³/mol. The Morgan fingerprint density at radius 1 is 0.867 bits per heavy atom. The maximum Gasteiger partial charge on any atom is 0.244 e. The van der Waals surface area contributed by atoms with E-state index in [2.05, 4.69) is 62.1 Å².